The van der Waals surface area contributed by atoms with E-state index in [1.54, 1.807) is 12.1 Å². The lowest BCUT2D eigenvalue weighted by molar-refractivity contribution is -0.384. The molecule has 0 spiro atoms. The van der Waals surface area contributed by atoms with Crippen molar-refractivity contribution in [2.24, 2.45) is 0 Å². The minimum Gasteiger partial charge on any atom is -0.353 e. The van der Waals surface area contributed by atoms with Crippen LogP contribution in [0, 0.1) is 10.1 Å². The Morgan fingerprint density at radius 2 is 1.72 bits per heavy atom. The van der Waals surface area contributed by atoms with Gasteiger partial charge < -0.3 is 10.6 Å². The van der Waals surface area contributed by atoms with Gasteiger partial charge in [-0.1, -0.05) is 30.3 Å². The zero-order chi connectivity index (χ0) is 17.4. The van der Waals surface area contributed by atoms with Crippen molar-refractivity contribution < 1.29 is 9.72 Å². The minimum atomic E-state index is -0.444. The predicted octanol–water partition coefficient (Wildman–Crippen LogP) is 4.18. The first-order chi connectivity index (χ1) is 12.1. The number of thiophene rings is 1. The molecule has 2 N–H and O–H groups in total. The molecule has 1 atom stereocenters. The van der Waals surface area contributed by atoms with E-state index < -0.39 is 11.1 Å². The lowest BCUT2D eigenvalue weighted by atomic mass is 10.0. The van der Waals surface area contributed by atoms with E-state index in [-0.39, 0.29) is 11.6 Å². The number of non-ortho nitro benzene ring substituents is 1. The molecule has 0 aliphatic carbocycles. The number of nitrogens with zero attached hydrogens (tertiary/aromatic N) is 1. The van der Waals surface area contributed by atoms with Crippen LogP contribution in [0.15, 0.2) is 60.0 Å². The average Bonchev–Trinajstić information content (AvgIpc) is 3.07. The maximum absolute atomic E-state index is 12.6. The average molecular weight is 351 g/mol. The van der Waals surface area contributed by atoms with Crippen LogP contribution >= 0.6 is 11.3 Å². The van der Waals surface area contributed by atoms with E-state index in [9.17, 15) is 14.9 Å². The van der Waals surface area contributed by atoms with Gasteiger partial charge in [0.1, 0.15) is 11.2 Å². The highest BCUT2D eigenvalue weighted by atomic mass is 32.1. The molecule has 0 fully saturated rings. The van der Waals surface area contributed by atoms with Gasteiger partial charge in [-0.2, -0.15) is 0 Å². The SMILES string of the molecule is O=C1NC(c2ccc([N+](=O)[O-])cc2)Nc2scc(-c3ccccc3)c21. The molecule has 3 aromatic rings. The molecule has 6 nitrogen and oxygen atoms in total. The van der Waals surface area contributed by atoms with Gasteiger partial charge in [0, 0.05) is 23.1 Å². The summed E-state index contributed by atoms with van der Waals surface area (Å²) < 4.78 is 0. The molecule has 0 saturated heterocycles. The lowest BCUT2D eigenvalue weighted by Crippen LogP contribution is -2.37. The molecule has 0 bridgehead atoms. The monoisotopic (exact) mass is 351 g/mol. The van der Waals surface area contributed by atoms with Crippen molar-refractivity contribution in [3.8, 4) is 11.1 Å². The number of hydrogen-bond acceptors (Lipinski definition) is 5. The van der Waals surface area contributed by atoms with Gasteiger partial charge in [-0.05, 0) is 23.3 Å². The molecule has 1 aliphatic rings. The van der Waals surface area contributed by atoms with Crippen LogP contribution in [0.3, 0.4) is 0 Å². The van der Waals surface area contributed by atoms with E-state index in [0.29, 0.717) is 5.56 Å². The number of amides is 1. The van der Waals surface area contributed by atoms with Crippen molar-refractivity contribution in [2.75, 3.05) is 5.32 Å². The van der Waals surface area contributed by atoms with Crippen LogP contribution in [0.25, 0.3) is 11.1 Å². The molecule has 25 heavy (non-hydrogen) atoms. The summed E-state index contributed by atoms with van der Waals surface area (Å²) in [5.74, 6) is -0.155. The second-order valence-corrected chi connectivity index (χ2v) is 6.50. The van der Waals surface area contributed by atoms with E-state index in [1.807, 2.05) is 35.7 Å². The van der Waals surface area contributed by atoms with Crippen LogP contribution in [0.2, 0.25) is 0 Å². The Balaban J connectivity index is 1.65. The van der Waals surface area contributed by atoms with E-state index in [1.165, 1.54) is 23.5 Å². The first-order valence-corrected chi connectivity index (χ1v) is 8.50. The standard InChI is InChI=1S/C18H13N3O3S/c22-17-15-14(11-4-2-1-3-5-11)10-25-18(15)20-16(19-17)12-6-8-13(9-7-12)21(23)24/h1-10,16,20H,(H,19,22). The van der Waals surface area contributed by atoms with Gasteiger partial charge >= 0.3 is 0 Å². The Morgan fingerprint density at radius 1 is 1.00 bits per heavy atom. The number of hydrogen-bond donors (Lipinski definition) is 2. The molecule has 2 aromatic carbocycles. The number of nitro benzene ring substituents is 1. The van der Waals surface area contributed by atoms with Gasteiger partial charge in [0.05, 0.1) is 10.5 Å². The number of carbonyl (C=O) groups excluding carboxylic acids is 1. The summed E-state index contributed by atoms with van der Waals surface area (Å²) in [6.07, 6.45) is -0.414. The fourth-order valence-corrected chi connectivity index (χ4v) is 3.84. The predicted molar refractivity (Wildman–Crippen MR) is 96.7 cm³/mol. The Hall–Kier alpha value is -3.19. The number of carbonyl (C=O) groups is 1. The Bertz CT molecular complexity index is 951. The third-order valence-electron chi connectivity index (χ3n) is 4.09. The van der Waals surface area contributed by atoms with Crippen LogP contribution in [0.1, 0.15) is 22.1 Å². The molecule has 0 radical (unpaired) electrons. The number of nitrogens with one attached hydrogen (secondary N) is 2. The smallest absolute Gasteiger partial charge is 0.269 e. The normalized spacial score (nSPS) is 15.8. The fourth-order valence-electron chi connectivity index (χ4n) is 2.85. The van der Waals surface area contributed by atoms with E-state index >= 15 is 0 Å². The maximum atomic E-state index is 12.6. The van der Waals surface area contributed by atoms with E-state index in [0.717, 1.165) is 21.7 Å². The van der Waals surface area contributed by atoms with Crippen molar-refractivity contribution in [1.29, 1.82) is 0 Å². The third-order valence-corrected chi connectivity index (χ3v) is 5.00. The van der Waals surface area contributed by atoms with Crippen molar-refractivity contribution in [2.45, 2.75) is 6.17 Å². The molecule has 124 valence electrons. The number of nitro groups is 1. The van der Waals surface area contributed by atoms with Crippen LogP contribution in [0.4, 0.5) is 10.7 Å². The molecule has 1 aromatic heterocycles. The summed E-state index contributed by atoms with van der Waals surface area (Å²) in [6, 6.07) is 15.9. The topological polar surface area (TPSA) is 84.3 Å². The maximum Gasteiger partial charge on any atom is 0.269 e. The summed E-state index contributed by atoms with van der Waals surface area (Å²) in [7, 11) is 0. The zero-order valence-electron chi connectivity index (χ0n) is 12.9. The van der Waals surface area contributed by atoms with Crippen molar-refractivity contribution in [3.05, 3.63) is 81.2 Å². The van der Waals surface area contributed by atoms with Gasteiger partial charge in [-0.15, -0.1) is 11.3 Å². The Labute approximate surface area is 147 Å². The molecule has 4 rings (SSSR count). The molecule has 1 aliphatic heterocycles. The third kappa shape index (κ3) is 2.74. The van der Waals surface area contributed by atoms with Gasteiger partial charge in [0.2, 0.25) is 0 Å². The summed E-state index contributed by atoms with van der Waals surface area (Å²) in [5.41, 5.74) is 3.31. The fraction of sp³-hybridized carbons (Fsp3) is 0.0556. The number of benzene rings is 2. The molecule has 2 heterocycles. The highest BCUT2D eigenvalue weighted by Crippen LogP contribution is 2.39. The molecular weight excluding hydrogens is 338 g/mol. The summed E-state index contributed by atoms with van der Waals surface area (Å²) in [5, 5.41) is 19.7. The first kappa shape index (κ1) is 15.3. The van der Waals surface area contributed by atoms with Gasteiger partial charge in [0.25, 0.3) is 11.6 Å². The highest BCUT2D eigenvalue weighted by molar-refractivity contribution is 7.15. The van der Waals surface area contributed by atoms with Gasteiger partial charge in [-0.25, -0.2) is 0 Å². The summed E-state index contributed by atoms with van der Waals surface area (Å²) in [6.45, 7) is 0. The van der Waals surface area contributed by atoms with Crippen LogP contribution in [-0.4, -0.2) is 10.8 Å². The van der Waals surface area contributed by atoms with E-state index in [4.69, 9.17) is 0 Å². The van der Waals surface area contributed by atoms with Crippen molar-refractivity contribution in [1.82, 2.24) is 5.32 Å². The highest BCUT2D eigenvalue weighted by Gasteiger charge is 2.29. The van der Waals surface area contributed by atoms with Crippen LogP contribution in [0.5, 0.6) is 0 Å². The van der Waals surface area contributed by atoms with Crippen molar-refractivity contribution in [3.63, 3.8) is 0 Å². The first-order valence-electron chi connectivity index (χ1n) is 7.62. The number of rotatable bonds is 3. The molecule has 1 unspecified atom stereocenters. The van der Waals surface area contributed by atoms with Crippen LogP contribution < -0.4 is 10.6 Å². The largest absolute Gasteiger partial charge is 0.353 e. The van der Waals surface area contributed by atoms with Crippen LogP contribution in [-0.2, 0) is 0 Å². The minimum absolute atomic E-state index is 0.0223. The van der Waals surface area contributed by atoms with E-state index in [2.05, 4.69) is 10.6 Å². The second-order valence-electron chi connectivity index (χ2n) is 5.62. The number of fused-ring (bicyclic) bond motifs is 1. The molecule has 0 saturated carbocycles. The summed E-state index contributed by atoms with van der Waals surface area (Å²) >= 11 is 1.48. The molecule has 7 heteroatoms. The zero-order valence-corrected chi connectivity index (χ0v) is 13.7. The summed E-state index contributed by atoms with van der Waals surface area (Å²) in [4.78, 5) is 23.0. The molecular formula is C18H13N3O3S. The van der Waals surface area contributed by atoms with Gasteiger partial charge in [-0.3, -0.25) is 14.9 Å². The number of anilines is 1. The quantitative estimate of drug-likeness (QED) is 0.548. The lowest BCUT2D eigenvalue weighted by Gasteiger charge is -2.26. The Kier molecular flexibility index (Phi) is 3.70. The van der Waals surface area contributed by atoms with Crippen molar-refractivity contribution >= 4 is 27.9 Å². The van der Waals surface area contributed by atoms with Gasteiger partial charge in [0.15, 0.2) is 0 Å². The molecule has 1 amide bonds. The Morgan fingerprint density at radius 3 is 2.40 bits per heavy atom. The second kappa shape index (κ2) is 6.03.